The molecule has 0 bridgehead atoms. The van der Waals surface area contributed by atoms with Crippen molar-refractivity contribution in [1.82, 2.24) is 10.2 Å². The molecule has 0 radical (unpaired) electrons. The molecule has 0 unspecified atom stereocenters. The number of hydrogen-bond donors (Lipinski definition) is 2. The van der Waals surface area contributed by atoms with Crippen LogP contribution in [0.3, 0.4) is 0 Å². The van der Waals surface area contributed by atoms with Gasteiger partial charge >= 0.3 is 5.97 Å². The highest BCUT2D eigenvalue weighted by Gasteiger charge is 2.25. The summed E-state index contributed by atoms with van der Waals surface area (Å²) in [6.45, 7) is 1.19. The number of nitrogens with zero attached hydrogens (tertiary/aromatic N) is 1. The van der Waals surface area contributed by atoms with Gasteiger partial charge in [-0.2, -0.15) is 0 Å². The van der Waals surface area contributed by atoms with E-state index in [1.807, 2.05) is 0 Å². The number of likely N-dealkylation sites (tertiary alicyclic amines) is 1. The smallest absolute Gasteiger partial charge is 0.335 e. The SMILES string of the molecule is CNC(=O)CC1CCN(C(=O)c2cccc(C(=O)O)c2)CC1. The first-order chi connectivity index (χ1) is 10.5. The molecular weight excluding hydrogens is 284 g/mol. The van der Waals surface area contributed by atoms with Gasteiger partial charge in [-0.05, 0) is 37.0 Å². The Kier molecular flexibility index (Phi) is 5.14. The Balaban J connectivity index is 1.96. The molecule has 0 atom stereocenters. The lowest BCUT2D eigenvalue weighted by Crippen LogP contribution is -2.39. The minimum Gasteiger partial charge on any atom is -0.478 e. The third-order valence-corrected chi connectivity index (χ3v) is 4.01. The second-order valence-electron chi connectivity index (χ2n) is 5.50. The summed E-state index contributed by atoms with van der Waals surface area (Å²) in [7, 11) is 1.62. The molecule has 1 fully saturated rings. The predicted molar refractivity (Wildman–Crippen MR) is 80.7 cm³/mol. The first-order valence-electron chi connectivity index (χ1n) is 7.34. The first-order valence-corrected chi connectivity index (χ1v) is 7.34. The van der Waals surface area contributed by atoms with Gasteiger partial charge in [-0.15, -0.1) is 0 Å². The van der Waals surface area contributed by atoms with Crippen molar-refractivity contribution in [3.8, 4) is 0 Å². The van der Waals surface area contributed by atoms with Crippen molar-refractivity contribution >= 4 is 17.8 Å². The molecule has 6 heteroatoms. The molecule has 22 heavy (non-hydrogen) atoms. The number of carboxylic acids is 1. The predicted octanol–water partition coefficient (Wildman–Crippen LogP) is 1.37. The number of piperidine rings is 1. The number of carbonyl (C=O) groups is 3. The second-order valence-corrected chi connectivity index (χ2v) is 5.50. The Bertz CT molecular complexity index is 577. The van der Waals surface area contributed by atoms with Crippen LogP contribution in [0.15, 0.2) is 24.3 Å². The molecule has 0 spiro atoms. The van der Waals surface area contributed by atoms with Gasteiger partial charge in [0.1, 0.15) is 0 Å². The van der Waals surface area contributed by atoms with E-state index in [1.54, 1.807) is 24.1 Å². The minimum atomic E-state index is -1.04. The highest BCUT2D eigenvalue weighted by atomic mass is 16.4. The molecule has 0 aromatic heterocycles. The van der Waals surface area contributed by atoms with Crippen LogP contribution in [0.4, 0.5) is 0 Å². The maximum absolute atomic E-state index is 12.4. The van der Waals surface area contributed by atoms with Crippen LogP contribution >= 0.6 is 0 Å². The number of amides is 2. The summed E-state index contributed by atoms with van der Waals surface area (Å²) in [5, 5.41) is 11.6. The highest BCUT2D eigenvalue weighted by Crippen LogP contribution is 2.22. The third-order valence-electron chi connectivity index (χ3n) is 4.01. The Morgan fingerprint density at radius 1 is 1.23 bits per heavy atom. The van der Waals surface area contributed by atoms with Gasteiger partial charge in [0.25, 0.3) is 5.91 Å². The molecule has 1 heterocycles. The monoisotopic (exact) mass is 304 g/mol. The number of carboxylic acid groups (broad SMARTS) is 1. The Labute approximate surface area is 129 Å². The number of rotatable bonds is 4. The van der Waals surface area contributed by atoms with Crippen LogP contribution in [0.5, 0.6) is 0 Å². The van der Waals surface area contributed by atoms with E-state index in [4.69, 9.17) is 5.11 Å². The van der Waals surface area contributed by atoms with Crippen LogP contribution < -0.4 is 5.32 Å². The fourth-order valence-corrected chi connectivity index (χ4v) is 2.67. The second kappa shape index (κ2) is 7.06. The standard InChI is InChI=1S/C16H20N2O4/c1-17-14(19)9-11-5-7-18(8-6-11)15(20)12-3-2-4-13(10-12)16(21)22/h2-4,10-11H,5-9H2,1H3,(H,17,19)(H,21,22). The van der Waals surface area contributed by atoms with Gasteiger partial charge in [-0.3, -0.25) is 9.59 Å². The highest BCUT2D eigenvalue weighted by molar-refractivity contribution is 5.97. The summed E-state index contributed by atoms with van der Waals surface area (Å²) in [6, 6.07) is 6.08. The number of aromatic carboxylic acids is 1. The van der Waals surface area contributed by atoms with Gasteiger partial charge < -0.3 is 15.3 Å². The zero-order chi connectivity index (χ0) is 16.1. The lowest BCUT2D eigenvalue weighted by molar-refractivity contribution is -0.121. The van der Waals surface area contributed by atoms with Crippen molar-refractivity contribution in [3.63, 3.8) is 0 Å². The zero-order valence-electron chi connectivity index (χ0n) is 12.5. The van der Waals surface area contributed by atoms with E-state index >= 15 is 0 Å². The average molecular weight is 304 g/mol. The fourth-order valence-electron chi connectivity index (χ4n) is 2.67. The molecule has 118 valence electrons. The topological polar surface area (TPSA) is 86.7 Å². The normalized spacial score (nSPS) is 15.4. The van der Waals surface area contributed by atoms with Gasteiger partial charge in [-0.1, -0.05) is 6.07 Å². The van der Waals surface area contributed by atoms with Gasteiger partial charge in [0.05, 0.1) is 5.56 Å². The van der Waals surface area contributed by atoms with E-state index in [1.165, 1.54) is 12.1 Å². The van der Waals surface area contributed by atoms with Gasteiger partial charge in [0, 0.05) is 32.1 Å². The first kappa shape index (κ1) is 16.0. The summed E-state index contributed by atoms with van der Waals surface area (Å²) in [5.74, 6) is -0.867. The molecule has 1 aromatic rings. The number of benzene rings is 1. The summed E-state index contributed by atoms with van der Waals surface area (Å²) in [6.07, 6.45) is 2.07. The van der Waals surface area contributed by atoms with Crippen molar-refractivity contribution in [3.05, 3.63) is 35.4 Å². The molecule has 1 aliphatic rings. The van der Waals surface area contributed by atoms with Crippen LogP contribution in [0.1, 0.15) is 40.0 Å². The number of nitrogens with one attached hydrogen (secondary N) is 1. The summed E-state index contributed by atoms with van der Waals surface area (Å²) in [5.41, 5.74) is 0.505. The quantitative estimate of drug-likeness (QED) is 0.879. The molecule has 6 nitrogen and oxygen atoms in total. The molecule has 1 aromatic carbocycles. The Hall–Kier alpha value is -2.37. The van der Waals surface area contributed by atoms with Gasteiger partial charge in [0.2, 0.25) is 5.91 Å². The third kappa shape index (κ3) is 3.84. The van der Waals surface area contributed by atoms with Crippen molar-refractivity contribution in [2.45, 2.75) is 19.3 Å². The van der Waals surface area contributed by atoms with E-state index in [2.05, 4.69) is 5.32 Å². The van der Waals surface area contributed by atoms with Crippen LogP contribution in [0.25, 0.3) is 0 Å². The molecule has 0 aliphatic carbocycles. The lowest BCUT2D eigenvalue weighted by Gasteiger charge is -2.31. The van der Waals surface area contributed by atoms with Crippen LogP contribution in [-0.2, 0) is 4.79 Å². The largest absolute Gasteiger partial charge is 0.478 e. The van der Waals surface area contributed by atoms with Gasteiger partial charge in [-0.25, -0.2) is 4.79 Å². The molecular formula is C16H20N2O4. The molecule has 2 rings (SSSR count). The number of hydrogen-bond acceptors (Lipinski definition) is 3. The fraction of sp³-hybridized carbons (Fsp3) is 0.438. The van der Waals surface area contributed by atoms with Crippen LogP contribution in [-0.4, -0.2) is 47.9 Å². The maximum atomic E-state index is 12.4. The van der Waals surface area contributed by atoms with Crippen molar-refractivity contribution in [2.75, 3.05) is 20.1 Å². The summed E-state index contributed by atoms with van der Waals surface area (Å²) in [4.78, 5) is 36.5. The van der Waals surface area contributed by atoms with E-state index in [0.717, 1.165) is 12.8 Å². The van der Waals surface area contributed by atoms with Crippen molar-refractivity contribution < 1.29 is 19.5 Å². The van der Waals surface area contributed by atoms with E-state index in [9.17, 15) is 14.4 Å². The zero-order valence-corrected chi connectivity index (χ0v) is 12.5. The summed E-state index contributed by atoms with van der Waals surface area (Å²) >= 11 is 0. The molecule has 2 amide bonds. The van der Waals surface area contributed by atoms with Crippen molar-refractivity contribution in [1.29, 1.82) is 0 Å². The molecule has 0 saturated carbocycles. The van der Waals surface area contributed by atoms with Crippen LogP contribution in [0, 0.1) is 5.92 Å². The minimum absolute atomic E-state index is 0.0268. The Morgan fingerprint density at radius 2 is 1.86 bits per heavy atom. The molecule has 1 saturated heterocycles. The molecule has 2 N–H and O–H groups in total. The maximum Gasteiger partial charge on any atom is 0.335 e. The summed E-state index contributed by atoms with van der Waals surface area (Å²) < 4.78 is 0. The van der Waals surface area contributed by atoms with Crippen LogP contribution in [0.2, 0.25) is 0 Å². The van der Waals surface area contributed by atoms with E-state index in [0.29, 0.717) is 31.0 Å². The van der Waals surface area contributed by atoms with E-state index in [-0.39, 0.29) is 17.4 Å². The Morgan fingerprint density at radius 3 is 2.45 bits per heavy atom. The van der Waals surface area contributed by atoms with E-state index < -0.39 is 5.97 Å². The lowest BCUT2D eigenvalue weighted by atomic mass is 9.93. The average Bonchev–Trinajstić information content (AvgIpc) is 2.55. The van der Waals surface area contributed by atoms with Crippen molar-refractivity contribution in [2.24, 2.45) is 5.92 Å². The molecule has 1 aliphatic heterocycles. The number of carbonyl (C=O) groups excluding carboxylic acids is 2. The van der Waals surface area contributed by atoms with Gasteiger partial charge in [0.15, 0.2) is 0 Å².